The summed E-state index contributed by atoms with van der Waals surface area (Å²) in [5, 5.41) is 13.0. The highest BCUT2D eigenvalue weighted by molar-refractivity contribution is 9.09. The number of carbonyl (C=O) groups is 1. The normalized spacial score (nSPS) is 17.3. The van der Waals surface area contributed by atoms with Crippen LogP contribution in [0.4, 0.5) is 4.39 Å². The predicted molar refractivity (Wildman–Crippen MR) is 65.9 cm³/mol. The van der Waals surface area contributed by atoms with E-state index >= 15 is 0 Å². The molecule has 17 heavy (non-hydrogen) atoms. The molecule has 0 radical (unpaired) electrons. The second-order valence-corrected chi connectivity index (χ2v) is 4.94. The summed E-state index contributed by atoms with van der Waals surface area (Å²) < 4.78 is 13.0. The maximum Gasteiger partial charge on any atom is 0.255 e. The molecule has 0 spiro atoms. The first kappa shape index (κ1) is 12.4. The molecule has 0 heterocycles. The third-order valence-corrected chi connectivity index (χ3v) is 4.22. The van der Waals surface area contributed by atoms with Crippen LogP contribution >= 0.6 is 15.9 Å². The van der Waals surface area contributed by atoms with Gasteiger partial charge in [-0.1, -0.05) is 15.9 Å². The zero-order valence-electron chi connectivity index (χ0n) is 9.17. The first-order valence-electron chi connectivity index (χ1n) is 5.43. The molecule has 5 heteroatoms. The van der Waals surface area contributed by atoms with Crippen molar-refractivity contribution in [3.63, 3.8) is 0 Å². The van der Waals surface area contributed by atoms with E-state index in [-0.39, 0.29) is 16.9 Å². The van der Waals surface area contributed by atoms with Gasteiger partial charge < -0.3 is 10.4 Å². The van der Waals surface area contributed by atoms with Crippen molar-refractivity contribution in [2.75, 3.05) is 5.33 Å². The summed E-state index contributed by atoms with van der Waals surface area (Å²) in [6.45, 7) is 0. The van der Waals surface area contributed by atoms with Crippen LogP contribution in [0.1, 0.15) is 29.6 Å². The second kappa shape index (κ2) is 4.64. The summed E-state index contributed by atoms with van der Waals surface area (Å²) >= 11 is 3.37. The fourth-order valence-corrected chi connectivity index (χ4v) is 2.59. The van der Waals surface area contributed by atoms with E-state index in [1.165, 1.54) is 6.07 Å². The lowest BCUT2D eigenvalue weighted by molar-refractivity contribution is 0.0853. The minimum atomic E-state index is -0.533. The van der Waals surface area contributed by atoms with E-state index in [1.807, 2.05) is 0 Å². The lowest BCUT2D eigenvalue weighted by Gasteiger charge is -2.41. The molecular formula is C12H13BrFNO2. The number of carbonyl (C=O) groups excluding carboxylic acids is 1. The molecule has 2 N–H and O–H groups in total. The van der Waals surface area contributed by atoms with Gasteiger partial charge in [-0.15, -0.1) is 0 Å². The first-order chi connectivity index (χ1) is 8.06. The Hall–Kier alpha value is -1.10. The van der Waals surface area contributed by atoms with E-state index in [9.17, 15) is 14.3 Å². The third kappa shape index (κ3) is 2.44. The summed E-state index contributed by atoms with van der Waals surface area (Å²) in [5.41, 5.74) is -0.257. The van der Waals surface area contributed by atoms with Crippen LogP contribution in [0.25, 0.3) is 0 Å². The molecule has 0 bridgehead atoms. The van der Waals surface area contributed by atoms with E-state index in [2.05, 4.69) is 21.2 Å². The number of phenols is 1. The van der Waals surface area contributed by atoms with Crippen LogP contribution in [-0.2, 0) is 0 Å². The molecule has 1 fully saturated rings. The molecule has 0 atom stereocenters. The number of amides is 1. The van der Waals surface area contributed by atoms with Gasteiger partial charge in [-0.25, -0.2) is 4.39 Å². The van der Waals surface area contributed by atoms with Crippen molar-refractivity contribution in [1.29, 1.82) is 0 Å². The van der Waals surface area contributed by atoms with Gasteiger partial charge in [-0.05, 0) is 37.5 Å². The molecular weight excluding hydrogens is 289 g/mol. The predicted octanol–water partition coefficient (Wildman–Crippen LogP) is 2.58. The Morgan fingerprint density at radius 3 is 2.76 bits per heavy atom. The van der Waals surface area contributed by atoms with Crippen LogP contribution in [0, 0.1) is 5.82 Å². The van der Waals surface area contributed by atoms with Crippen molar-refractivity contribution in [2.24, 2.45) is 0 Å². The van der Waals surface area contributed by atoms with Crippen molar-refractivity contribution in [1.82, 2.24) is 5.32 Å². The summed E-state index contributed by atoms with van der Waals surface area (Å²) in [4.78, 5) is 11.9. The average molecular weight is 302 g/mol. The van der Waals surface area contributed by atoms with Gasteiger partial charge in [0.2, 0.25) is 0 Å². The minimum Gasteiger partial charge on any atom is -0.507 e. The molecule has 0 aromatic heterocycles. The monoisotopic (exact) mass is 301 g/mol. The Morgan fingerprint density at radius 1 is 1.53 bits per heavy atom. The number of alkyl halides is 1. The molecule has 2 rings (SSSR count). The number of aromatic hydroxyl groups is 1. The van der Waals surface area contributed by atoms with Gasteiger partial charge >= 0.3 is 0 Å². The van der Waals surface area contributed by atoms with Gasteiger partial charge in [0.05, 0.1) is 11.1 Å². The number of halogens is 2. The maximum absolute atomic E-state index is 13.0. The lowest BCUT2D eigenvalue weighted by atomic mass is 9.78. The Balaban J connectivity index is 2.17. The van der Waals surface area contributed by atoms with Crippen molar-refractivity contribution >= 4 is 21.8 Å². The topological polar surface area (TPSA) is 49.3 Å². The molecule has 0 saturated heterocycles. The van der Waals surface area contributed by atoms with E-state index in [1.54, 1.807) is 0 Å². The van der Waals surface area contributed by atoms with Crippen molar-refractivity contribution < 1.29 is 14.3 Å². The number of phenolic OH excluding ortho intramolecular Hbond substituents is 1. The summed E-state index contributed by atoms with van der Waals surface area (Å²) in [6.07, 6.45) is 2.88. The number of hydrogen-bond donors (Lipinski definition) is 2. The molecule has 1 aromatic rings. The summed E-state index contributed by atoms with van der Waals surface area (Å²) in [7, 11) is 0. The standard InChI is InChI=1S/C12H13BrFNO2/c13-7-12(4-1-5-12)15-11(17)9-6-8(14)2-3-10(9)16/h2-3,6,16H,1,4-5,7H2,(H,15,17). The molecule has 0 unspecified atom stereocenters. The highest BCUT2D eigenvalue weighted by atomic mass is 79.9. The average Bonchev–Trinajstić information content (AvgIpc) is 2.26. The van der Waals surface area contributed by atoms with Crippen LogP contribution in [-0.4, -0.2) is 21.9 Å². The molecule has 1 aliphatic carbocycles. The fraction of sp³-hybridized carbons (Fsp3) is 0.417. The SMILES string of the molecule is O=C(NC1(CBr)CCC1)c1cc(F)ccc1O. The molecule has 0 aliphatic heterocycles. The van der Waals surface area contributed by atoms with Crippen molar-refractivity contribution in [2.45, 2.75) is 24.8 Å². The summed E-state index contributed by atoms with van der Waals surface area (Å²) in [5.74, 6) is -1.16. The highest BCUT2D eigenvalue weighted by Gasteiger charge is 2.37. The molecule has 1 amide bonds. The van der Waals surface area contributed by atoms with E-state index in [0.717, 1.165) is 31.4 Å². The van der Waals surface area contributed by atoms with E-state index in [0.29, 0.717) is 5.33 Å². The molecule has 1 aromatic carbocycles. The lowest BCUT2D eigenvalue weighted by Crippen LogP contribution is -2.54. The Kier molecular flexibility index (Phi) is 3.38. The quantitative estimate of drug-likeness (QED) is 0.843. The molecule has 1 aliphatic rings. The summed E-state index contributed by atoms with van der Waals surface area (Å²) in [6, 6.07) is 3.35. The van der Waals surface area contributed by atoms with Gasteiger partial charge in [0.1, 0.15) is 11.6 Å². The van der Waals surface area contributed by atoms with Gasteiger partial charge in [-0.3, -0.25) is 4.79 Å². The van der Waals surface area contributed by atoms with Gasteiger partial charge in [0, 0.05) is 5.33 Å². The van der Waals surface area contributed by atoms with Gasteiger partial charge in [-0.2, -0.15) is 0 Å². The first-order valence-corrected chi connectivity index (χ1v) is 6.55. The highest BCUT2D eigenvalue weighted by Crippen LogP contribution is 2.34. The molecule has 1 saturated carbocycles. The Bertz CT molecular complexity index is 441. The Morgan fingerprint density at radius 2 is 2.24 bits per heavy atom. The zero-order valence-corrected chi connectivity index (χ0v) is 10.8. The van der Waals surface area contributed by atoms with Crippen molar-refractivity contribution in [3.8, 4) is 5.75 Å². The van der Waals surface area contributed by atoms with E-state index in [4.69, 9.17) is 0 Å². The van der Waals surface area contributed by atoms with E-state index < -0.39 is 11.7 Å². The van der Waals surface area contributed by atoms with Gasteiger partial charge in [0.15, 0.2) is 0 Å². The molecule has 92 valence electrons. The largest absolute Gasteiger partial charge is 0.507 e. The van der Waals surface area contributed by atoms with Crippen molar-refractivity contribution in [3.05, 3.63) is 29.6 Å². The Labute approximate surface area is 107 Å². The van der Waals surface area contributed by atoms with Crippen LogP contribution in [0.15, 0.2) is 18.2 Å². The number of hydrogen-bond acceptors (Lipinski definition) is 2. The van der Waals surface area contributed by atoms with Crippen LogP contribution in [0.3, 0.4) is 0 Å². The van der Waals surface area contributed by atoms with Gasteiger partial charge in [0.25, 0.3) is 5.91 Å². The second-order valence-electron chi connectivity index (χ2n) is 4.38. The zero-order chi connectivity index (χ0) is 12.5. The van der Waals surface area contributed by atoms with Crippen LogP contribution in [0.5, 0.6) is 5.75 Å². The molecule has 3 nitrogen and oxygen atoms in total. The fourth-order valence-electron chi connectivity index (χ4n) is 1.89. The van der Waals surface area contributed by atoms with Crippen LogP contribution < -0.4 is 5.32 Å². The number of benzene rings is 1. The minimum absolute atomic E-state index is 0.0165. The number of nitrogens with one attached hydrogen (secondary N) is 1. The maximum atomic E-state index is 13.0. The van der Waals surface area contributed by atoms with Crippen LogP contribution in [0.2, 0.25) is 0 Å². The third-order valence-electron chi connectivity index (χ3n) is 3.15. The smallest absolute Gasteiger partial charge is 0.255 e. The number of rotatable bonds is 3.